The maximum Gasteiger partial charge on any atom is 0.152 e. The van der Waals surface area contributed by atoms with Crippen LogP contribution in [0.4, 0.5) is 10.1 Å². The Labute approximate surface area is 123 Å². The number of rotatable bonds is 3. The van der Waals surface area contributed by atoms with Crippen LogP contribution < -0.4 is 5.32 Å². The third kappa shape index (κ3) is 2.63. The van der Waals surface area contributed by atoms with Crippen LogP contribution in [0, 0.1) is 12.7 Å². The van der Waals surface area contributed by atoms with Gasteiger partial charge in [-0.1, -0.05) is 23.7 Å². The summed E-state index contributed by atoms with van der Waals surface area (Å²) in [4.78, 5) is 4.10. The molecule has 1 heterocycles. The predicted molar refractivity (Wildman–Crippen MR) is 79.8 cm³/mol. The van der Waals surface area contributed by atoms with E-state index in [0.717, 1.165) is 24.1 Å². The molecule has 2 nitrogen and oxygen atoms in total. The van der Waals surface area contributed by atoms with Gasteiger partial charge in [-0.3, -0.25) is 0 Å². The van der Waals surface area contributed by atoms with Gasteiger partial charge < -0.3 is 5.32 Å². The first-order chi connectivity index (χ1) is 9.63. The lowest BCUT2D eigenvalue weighted by atomic mass is 9.76. The van der Waals surface area contributed by atoms with Crippen molar-refractivity contribution >= 4 is 17.3 Å². The number of pyridine rings is 1. The summed E-state index contributed by atoms with van der Waals surface area (Å²) in [6.45, 7) is 2.02. The van der Waals surface area contributed by atoms with E-state index in [1.165, 1.54) is 17.7 Å². The van der Waals surface area contributed by atoms with Crippen LogP contribution in [0.15, 0.2) is 36.5 Å². The van der Waals surface area contributed by atoms with E-state index in [-0.39, 0.29) is 5.82 Å². The maximum atomic E-state index is 12.9. The summed E-state index contributed by atoms with van der Waals surface area (Å²) in [6.07, 6.45) is 3.79. The van der Waals surface area contributed by atoms with Crippen molar-refractivity contribution in [2.75, 3.05) is 5.32 Å². The third-order valence-electron chi connectivity index (χ3n) is 3.94. The van der Waals surface area contributed by atoms with Gasteiger partial charge in [0.2, 0.25) is 0 Å². The molecule has 0 atom stereocenters. The maximum absolute atomic E-state index is 12.9. The summed E-state index contributed by atoms with van der Waals surface area (Å²) in [6, 6.07) is 9.16. The van der Waals surface area contributed by atoms with E-state index in [1.54, 1.807) is 6.20 Å². The molecule has 0 amide bonds. The minimum Gasteiger partial charge on any atom is -0.380 e. The Morgan fingerprint density at radius 2 is 1.90 bits per heavy atom. The van der Waals surface area contributed by atoms with Crippen molar-refractivity contribution in [2.24, 2.45) is 0 Å². The number of aryl methyl sites for hydroxylation is 1. The van der Waals surface area contributed by atoms with Gasteiger partial charge in [0.1, 0.15) is 5.82 Å². The highest BCUT2D eigenvalue weighted by atomic mass is 35.5. The number of anilines is 1. The van der Waals surface area contributed by atoms with E-state index < -0.39 is 0 Å². The standard InChI is InChI=1S/C16H16ClFN2/c1-10-6-7-19-16(17)15(10)20-14-8-12(9-14)11-2-4-13(18)5-3-11/h2-7,12,14,20H,8-9H2,1H3. The minimum atomic E-state index is -0.180. The molecule has 1 aliphatic carbocycles. The van der Waals surface area contributed by atoms with Gasteiger partial charge in [-0.15, -0.1) is 0 Å². The smallest absolute Gasteiger partial charge is 0.152 e. The summed E-state index contributed by atoms with van der Waals surface area (Å²) >= 11 is 6.11. The summed E-state index contributed by atoms with van der Waals surface area (Å²) in [5.41, 5.74) is 3.24. The average molecular weight is 291 g/mol. The molecule has 1 aromatic heterocycles. The van der Waals surface area contributed by atoms with Crippen molar-refractivity contribution in [1.82, 2.24) is 4.98 Å². The first-order valence-corrected chi connectivity index (χ1v) is 7.14. The number of halogens is 2. The number of aromatic nitrogens is 1. The SMILES string of the molecule is Cc1ccnc(Cl)c1NC1CC(c2ccc(F)cc2)C1. The molecule has 0 saturated heterocycles. The first kappa shape index (κ1) is 13.4. The van der Waals surface area contributed by atoms with Gasteiger partial charge in [0, 0.05) is 12.2 Å². The van der Waals surface area contributed by atoms with Gasteiger partial charge >= 0.3 is 0 Å². The molecule has 20 heavy (non-hydrogen) atoms. The normalized spacial score (nSPS) is 21.4. The van der Waals surface area contributed by atoms with Crippen LogP contribution in [0.2, 0.25) is 5.15 Å². The van der Waals surface area contributed by atoms with Crippen LogP contribution in [0.25, 0.3) is 0 Å². The van der Waals surface area contributed by atoms with Gasteiger partial charge in [-0.25, -0.2) is 9.37 Å². The molecule has 0 aliphatic heterocycles. The molecule has 1 saturated carbocycles. The molecule has 0 spiro atoms. The fraction of sp³-hybridized carbons (Fsp3) is 0.312. The van der Waals surface area contributed by atoms with Gasteiger partial charge in [0.25, 0.3) is 0 Å². The van der Waals surface area contributed by atoms with Crippen molar-refractivity contribution in [3.63, 3.8) is 0 Å². The fourth-order valence-corrected chi connectivity index (χ4v) is 2.91. The summed E-state index contributed by atoms with van der Waals surface area (Å²) in [7, 11) is 0. The van der Waals surface area contributed by atoms with Gasteiger partial charge in [-0.05, 0) is 55.0 Å². The molecule has 2 aromatic rings. The number of nitrogens with one attached hydrogen (secondary N) is 1. The number of hydrogen-bond donors (Lipinski definition) is 1. The first-order valence-electron chi connectivity index (χ1n) is 6.76. The third-order valence-corrected chi connectivity index (χ3v) is 4.23. The van der Waals surface area contributed by atoms with E-state index in [1.807, 2.05) is 25.1 Å². The Kier molecular flexibility index (Phi) is 3.62. The quantitative estimate of drug-likeness (QED) is 0.840. The number of hydrogen-bond acceptors (Lipinski definition) is 2. The predicted octanol–water partition coefficient (Wildman–Crippen LogP) is 4.54. The van der Waals surface area contributed by atoms with Crippen LogP contribution in [-0.2, 0) is 0 Å². The Balaban J connectivity index is 1.62. The molecule has 0 bridgehead atoms. The molecule has 3 rings (SSSR count). The number of benzene rings is 1. The molecule has 0 radical (unpaired) electrons. The second-order valence-electron chi connectivity index (χ2n) is 5.35. The zero-order valence-electron chi connectivity index (χ0n) is 11.2. The average Bonchev–Trinajstić information content (AvgIpc) is 2.38. The number of nitrogens with zero attached hydrogens (tertiary/aromatic N) is 1. The van der Waals surface area contributed by atoms with E-state index in [9.17, 15) is 4.39 Å². The van der Waals surface area contributed by atoms with Crippen molar-refractivity contribution in [3.8, 4) is 0 Å². The highest BCUT2D eigenvalue weighted by Gasteiger charge is 2.30. The Morgan fingerprint density at radius 1 is 1.20 bits per heavy atom. The Bertz CT molecular complexity index is 586. The van der Waals surface area contributed by atoms with Crippen molar-refractivity contribution in [2.45, 2.75) is 31.7 Å². The zero-order chi connectivity index (χ0) is 14.1. The lowest BCUT2D eigenvalue weighted by Crippen LogP contribution is -2.34. The molecule has 1 aliphatic rings. The largest absolute Gasteiger partial charge is 0.380 e. The van der Waals surface area contributed by atoms with Gasteiger partial charge in [-0.2, -0.15) is 0 Å². The van der Waals surface area contributed by atoms with Crippen molar-refractivity contribution in [3.05, 3.63) is 58.6 Å². The highest BCUT2D eigenvalue weighted by molar-refractivity contribution is 6.32. The van der Waals surface area contributed by atoms with Crippen molar-refractivity contribution < 1.29 is 4.39 Å². The van der Waals surface area contributed by atoms with E-state index >= 15 is 0 Å². The second-order valence-corrected chi connectivity index (χ2v) is 5.71. The second kappa shape index (κ2) is 5.41. The molecule has 104 valence electrons. The lowest BCUT2D eigenvalue weighted by molar-refractivity contribution is 0.373. The molecule has 1 fully saturated rings. The monoisotopic (exact) mass is 290 g/mol. The van der Waals surface area contributed by atoms with Crippen LogP contribution in [-0.4, -0.2) is 11.0 Å². The van der Waals surface area contributed by atoms with Crippen molar-refractivity contribution in [1.29, 1.82) is 0 Å². The highest BCUT2D eigenvalue weighted by Crippen LogP contribution is 2.39. The summed E-state index contributed by atoms with van der Waals surface area (Å²) in [5.74, 6) is 0.323. The molecular formula is C16H16ClFN2. The summed E-state index contributed by atoms with van der Waals surface area (Å²) < 4.78 is 12.9. The molecular weight excluding hydrogens is 275 g/mol. The molecule has 1 aromatic carbocycles. The Hall–Kier alpha value is -1.61. The van der Waals surface area contributed by atoms with E-state index in [4.69, 9.17) is 11.6 Å². The van der Waals surface area contributed by atoms with Crippen LogP contribution in [0.5, 0.6) is 0 Å². The fourth-order valence-electron chi connectivity index (χ4n) is 2.65. The lowest BCUT2D eigenvalue weighted by Gasteiger charge is -2.37. The van der Waals surface area contributed by atoms with Crippen LogP contribution in [0.1, 0.15) is 29.9 Å². The molecule has 1 N–H and O–H groups in total. The molecule has 0 unspecified atom stereocenters. The van der Waals surface area contributed by atoms with Gasteiger partial charge in [0.15, 0.2) is 5.15 Å². The zero-order valence-corrected chi connectivity index (χ0v) is 12.0. The Morgan fingerprint density at radius 3 is 2.55 bits per heavy atom. The van der Waals surface area contributed by atoms with E-state index in [2.05, 4.69) is 10.3 Å². The summed E-state index contributed by atoms with van der Waals surface area (Å²) in [5, 5.41) is 3.98. The molecule has 4 heteroatoms. The van der Waals surface area contributed by atoms with E-state index in [0.29, 0.717) is 17.1 Å². The topological polar surface area (TPSA) is 24.9 Å². The van der Waals surface area contributed by atoms with Crippen LogP contribution >= 0.6 is 11.6 Å². The minimum absolute atomic E-state index is 0.180. The van der Waals surface area contributed by atoms with Crippen LogP contribution in [0.3, 0.4) is 0 Å². The van der Waals surface area contributed by atoms with Gasteiger partial charge in [0.05, 0.1) is 5.69 Å².